The first-order valence-electron chi connectivity index (χ1n) is 10.9. The van der Waals surface area contributed by atoms with Crippen LogP contribution in [-0.2, 0) is 6.18 Å². The number of nitrogens with zero attached hydrogens (tertiary/aromatic N) is 2. The topological polar surface area (TPSA) is 25.8 Å². The Labute approximate surface area is 177 Å². The molecule has 2 nitrogen and oxygen atoms in total. The summed E-state index contributed by atoms with van der Waals surface area (Å²) in [5, 5.41) is 0. The molecule has 0 fully saturated rings. The van der Waals surface area contributed by atoms with E-state index in [2.05, 4.69) is 30.7 Å². The molecule has 0 bridgehead atoms. The summed E-state index contributed by atoms with van der Waals surface area (Å²) in [5.74, 6) is 0.504. The van der Waals surface area contributed by atoms with Gasteiger partial charge < -0.3 is 0 Å². The molecular formula is C23H33F3N2Sn. The van der Waals surface area contributed by atoms with E-state index >= 15 is 0 Å². The zero-order valence-corrected chi connectivity index (χ0v) is 20.7. The second-order valence-electron chi connectivity index (χ2n) is 7.96. The predicted octanol–water partition coefficient (Wildman–Crippen LogP) is 7.22. The molecule has 1 aromatic carbocycles. The summed E-state index contributed by atoms with van der Waals surface area (Å²) >= 11 is -2.57. The summed E-state index contributed by atoms with van der Waals surface area (Å²) in [5.41, 5.74) is -0.0205. The number of alkyl halides is 3. The summed E-state index contributed by atoms with van der Waals surface area (Å²) in [4.78, 5) is 9.18. The molecule has 2 rings (SSSR count). The third-order valence-electron chi connectivity index (χ3n) is 5.76. The molecule has 1 aromatic heterocycles. The second kappa shape index (κ2) is 11.3. The Morgan fingerprint density at radius 1 is 0.759 bits per heavy atom. The second-order valence-corrected chi connectivity index (χ2v) is 21.2. The first kappa shape index (κ1) is 24.2. The van der Waals surface area contributed by atoms with E-state index in [1.807, 2.05) is 12.4 Å². The number of benzene rings is 1. The number of hydrogen-bond acceptors (Lipinski definition) is 2. The van der Waals surface area contributed by atoms with Crippen molar-refractivity contribution in [2.24, 2.45) is 0 Å². The molecule has 0 N–H and O–H groups in total. The molecule has 1 heterocycles. The van der Waals surface area contributed by atoms with Gasteiger partial charge in [0.25, 0.3) is 0 Å². The van der Waals surface area contributed by atoms with Crippen molar-refractivity contribution in [2.75, 3.05) is 0 Å². The van der Waals surface area contributed by atoms with Gasteiger partial charge in [-0.1, -0.05) is 0 Å². The maximum atomic E-state index is 12.8. The van der Waals surface area contributed by atoms with Gasteiger partial charge >= 0.3 is 177 Å². The number of unbranched alkanes of at least 4 members (excludes halogenated alkanes) is 3. The molecule has 0 amide bonds. The van der Waals surface area contributed by atoms with Crippen LogP contribution in [-0.4, -0.2) is 28.3 Å². The Balaban J connectivity index is 2.31. The van der Waals surface area contributed by atoms with Gasteiger partial charge in [0.15, 0.2) is 0 Å². The van der Waals surface area contributed by atoms with Crippen molar-refractivity contribution in [3.05, 3.63) is 42.2 Å². The summed E-state index contributed by atoms with van der Waals surface area (Å²) in [7, 11) is 0. The van der Waals surface area contributed by atoms with E-state index < -0.39 is 30.1 Å². The summed E-state index contributed by atoms with van der Waals surface area (Å²) < 4.78 is 43.8. The minimum atomic E-state index is -4.32. The standard InChI is InChI=1S/C11H6F3N2.3C4H9.Sn/c12-11(13,14)9-4-2-8(3-5-9)10-15-6-1-7-16-10;3*1-3-4-2;/h2-7H;3*1,3-4H2,2H3;. The molecule has 29 heavy (non-hydrogen) atoms. The van der Waals surface area contributed by atoms with Gasteiger partial charge in [-0.15, -0.1) is 0 Å². The van der Waals surface area contributed by atoms with E-state index in [0.29, 0.717) is 11.4 Å². The van der Waals surface area contributed by atoms with E-state index in [0.717, 1.165) is 12.1 Å². The Bertz CT molecular complexity index is 706. The number of hydrogen-bond donors (Lipinski definition) is 0. The van der Waals surface area contributed by atoms with Crippen molar-refractivity contribution in [1.82, 2.24) is 9.97 Å². The quantitative estimate of drug-likeness (QED) is 0.297. The molecule has 6 heteroatoms. The van der Waals surface area contributed by atoms with Crippen molar-refractivity contribution < 1.29 is 13.2 Å². The van der Waals surface area contributed by atoms with Crippen molar-refractivity contribution in [3.8, 4) is 11.4 Å². The molecule has 0 aliphatic heterocycles. The van der Waals surface area contributed by atoms with E-state index in [9.17, 15) is 13.2 Å². The van der Waals surface area contributed by atoms with Crippen LogP contribution in [0.5, 0.6) is 0 Å². The van der Waals surface area contributed by atoms with Gasteiger partial charge in [0.05, 0.1) is 0 Å². The molecule has 0 unspecified atom stereocenters. The van der Waals surface area contributed by atoms with E-state index in [1.54, 1.807) is 0 Å². The fraction of sp³-hybridized carbons (Fsp3) is 0.565. The fourth-order valence-corrected chi connectivity index (χ4v) is 19.3. The Hall–Kier alpha value is -1.11. The van der Waals surface area contributed by atoms with Crippen LogP contribution in [0.15, 0.2) is 36.7 Å². The molecule has 2 aromatic rings. The van der Waals surface area contributed by atoms with Crippen molar-refractivity contribution >= 4 is 22.0 Å². The van der Waals surface area contributed by atoms with Gasteiger partial charge in [-0.3, -0.25) is 0 Å². The fourth-order valence-electron chi connectivity index (χ4n) is 3.91. The van der Waals surface area contributed by atoms with Gasteiger partial charge in [-0.25, -0.2) is 0 Å². The Kier molecular flexibility index (Phi) is 9.44. The first-order valence-corrected chi connectivity index (χ1v) is 18.3. The van der Waals surface area contributed by atoms with Crippen LogP contribution in [0, 0.1) is 0 Å². The van der Waals surface area contributed by atoms with Crippen LogP contribution < -0.4 is 3.58 Å². The molecule has 0 aliphatic rings. The maximum absolute atomic E-state index is 12.8. The van der Waals surface area contributed by atoms with Crippen LogP contribution in [0.2, 0.25) is 13.3 Å². The number of halogens is 3. The molecule has 0 saturated carbocycles. The average molecular weight is 513 g/mol. The van der Waals surface area contributed by atoms with E-state index in [1.165, 1.54) is 67.5 Å². The van der Waals surface area contributed by atoms with Crippen molar-refractivity contribution in [2.45, 2.75) is 78.8 Å². The Morgan fingerprint density at radius 3 is 1.59 bits per heavy atom. The van der Waals surface area contributed by atoms with Crippen molar-refractivity contribution in [3.63, 3.8) is 0 Å². The van der Waals surface area contributed by atoms with Gasteiger partial charge in [0.2, 0.25) is 0 Å². The number of rotatable bonds is 11. The van der Waals surface area contributed by atoms with Crippen LogP contribution in [0.25, 0.3) is 11.4 Å². The van der Waals surface area contributed by atoms with Crippen LogP contribution in [0.1, 0.15) is 64.9 Å². The average Bonchev–Trinajstić information content (AvgIpc) is 2.73. The molecular weight excluding hydrogens is 480 g/mol. The normalized spacial score (nSPS) is 12.3. The summed E-state index contributed by atoms with van der Waals surface area (Å²) in [6.07, 6.45) is 7.10. The molecule has 160 valence electrons. The van der Waals surface area contributed by atoms with Gasteiger partial charge in [-0.05, 0) is 0 Å². The van der Waals surface area contributed by atoms with Crippen LogP contribution in [0.4, 0.5) is 13.2 Å². The van der Waals surface area contributed by atoms with Gasteiger partial charge in [-0.2, -0.15) is 0 Å². The first-order chi connectivity index (χ1) is 13.9. The zero-order chi connectivity index (χ0) is 21.3. The van der Waals surface area contributed by atoms with Gasteiger partial charge in [0.1, 0.15) is 0 Å². The summed E-state index contributed by atoms with van der Waals surface area (Å²) in [6.45, 7) is 6.75. The van der Waals surface area contributed by atoms with E-state index in [-0.39, 0.29) is 0 Å². The van der Waals surface area contributed by atoms with Crippen LogP contribution in [0.3, 0.4) is 0 Å². The third-order valence-corrected chi connectivity index (χ3v) is 21.2. The minimum absolute atomic E-state index is 0.504. The monoisotopic (exact) mass is 514 g/mol. The molecule has 0 aliphatic carbocycles. The third kappa shape index (κ3) is 6.69. The van der Waals surface area contributed by atoms with Crippen molar-refractivity contribution in [1.29, 1.82) is 0 Å². The molecule has 0 atom stereocenters. The SMILES string of the molecule is CCC[CH2][Sn]([CH2]CCC)([CH2]CCC)[c]1cnc(-c2ccc(C(F)(F)F)cc2)nc1. The zero-order valence-electron chi connectivity index (χ0n) is 17.9. The molecule has 0 spiro atoms. The van der Waals surface area contributed by atoms with E-state index in [4.69, 9.17) is 0 Å². The molecule has 0 radical (unpaired) electrons. The summed E-state index contributed by atoms with van der Waals surface area (Å²) in [6, 6.07) is 5.11. The molecule has 0 saturated heterocycles. The number of aromatic nitrogens is 2. The predicted molar refractivity (Wildman–Crippen MR) is 117 cm³/mol. The van der Waals surface area contributed by atoms with Crippen LogP contribution >= 0.6 is 0 Å². The van der Waals surface area contributed by atoms with Gasteiger partial charge in [0, 0.05) is 0 Å². The Morgan fingerprint density at radius 2 is 1.21 bits per heavy atom.